The zero-order valence-corrected chi connectivity index (χ0v) is 17.4. The van der Waals surface area contributed by atoms with E-state index in [1.54, 1.807) is 12.1 Å². The first kappa shape index (κ1) is 20.6. The lowest BCUT2D eigenvalue weighted by Gasteiger charge is -2.12. The third-order valence-electron chi connectivity index (χ3n) is 4.20. The lowest BCUT2D eigenvalue weighted by atomic mass is 10.1. The van der Waals surface area contributed by atoms with Crippen LogP contribution in [-0.4, -0.2) is 25.7 Å². The minimum absolute atomic E-state index is 0.148. The summed E-state index contributed by atoms with van der Waals surface area (Å²) in [6.07, 6.45) is 1.20. The van der Waals surface area contributed by atoms with Crippen LogP contribution >= 0.6 is 19.2 Å². The molecule has 0 aliphatic heterocycles. The molecule has 0 atom stereocenters. The molecule has 2 aromatic carbocycles. The van der Waals surface area contributed by atoms with Gasteiger partial charge in [0.1, 0.15) is 0 Å². The lowest BCUT2D eigenvalue weighted by Crippen LogP contribution is -2.16. The summed E-state index contributed by atoms with van der Waals surface area (Å²) in [7, 11) is -0.914. The van der Waals surface area contributed by atoms with E-state index in [-0.39, 0.29) is 5.44 Å². The minimum Gasteiger partial charge on any atom is -0.424 e. The van der Waals surface area contributed by atoms with Gasteiger partial charge in [0.2, 0.25) is 17.2 Å². The average molecular weight is 421 g/mol. The van der Waals surface area contributed by atoms with E-state index in [1.165, 1.54) is 19.8 Å². The zero-order chi connectivity index (χ0) is 20.0. The highest BCUT2D eigenvalue weighted by molar-refractivity contribution is 7.62. The number of halogens is 1. The quantitative estimate of drug-likeness (QED) is 0.506. The SMILES string of the molecule is COP(=O)(OC)c1nc(Cc2ccc(Cl)cc2)oc1NCCc1ccccc1. The van der Waals surface area contributed by atoms with Crippen LogP contribution in [0.1, 0.15) is 17.0 Å². The maximum atomic E-state index is 12.9. The summed E-state index contributed by atoms with van der Waals surface area (Å²) >= 11 is 5.93. The normalized spacial score (nSPS) is 11.5. The maximum absolute atomic E-state index is 12.9. The van der Waals surface area contributed by atoms with E-state index < -0.39 is 7.60 Å². The molecule has 0 amide bonds. The molecule has 0 fully saturated rings. The Balaban J connectivity index is 1.80. The van der Waals surface area contributed by atoms with Gasteiger partial charge in [-0.05, 0) is 29.7 Å². The van der Waals surface area contributed by atoms with E-state index in [1.807, 2.05) is 42.5 Å². The summed E-state index contributed by atoms with van der Waals surface area (Å²) in [5.41, 5.74) is 2.30. The highest BCUT2D eigenvalue weighted by Gasteiger charge is 2.34. The number of hydrogen-bond acceptors (Lipinski definition) is 6. The van der Waals surface area contributed by atoms with Gasteiger partial charge in [0.05, 0.1) is 0 Å². The molecule has 0 bridgehead atoms. The van der Waals surface area contributed by atoms with Crippen molar-refractivity contribution in [2.24, 2.45) is 0 Å². The predicted octanol–water partition coefficient (Wildman–Crippen LogP) is 4.68. The first-order valence-corrected chi connectivity index (χ1v) is 10.7. The molecule has 3 aromatic rings. The summed E-state index contributed by atoms with van der Waals surface area (Å²) in [4.78, 5) is 4.39. The molecule has 1 heterocycles. The van der Waals surface area contributed by atoms with Crippen LogP contribution in [0.15, 0.2) is 59.0 Å². The van der Waals surface area contributed by atoms with Gasteiger partial charge in [0.15, 0.2) is 0 Å². The molecule has 0 saturated carbocycles. The molecule has 0 saturated heterocycles. The Morgan fingerprint density at radius 1 is 1.04 bits per heavy atom. The van der Waals surface area contributed by atoms with Gasteiger partial charge in [0, 0.05) is 32.2 Å². The number of nitrogens with one attached hydrogen (secondary N) is 1. The van der Waals surface area contributed by atoms with Crippen LogP contribution in [0.5, 0.6) is 0 Å². The van der Waals surface area contributed by atoms with E-state index in [2.05, 4.69) is 10.3 Å². The van der Waals surface area contributed by atoms with Gasteiger partial charge in [0.25, 0.3) is 0 Å². The fraction of sp³-hybridized carbons (Fsp3) is 0.250. The van der Waals surface area contributed by atoms with Crippen molar-refractivity contribution in [3.05, 3.63) is 76.6 Å². The van der Waals surface area contributed by atoms with Crippen molar-refractivity contribution in [2.45, 2.75) is 12.8 Å². The average Bonchev–Trinajstić information content (AvgIpc) is 3.13. The summed E-state index contributed by atoms with van der Waals surface area (Å²) in [5.74, 6) is 0.709. The Labute approximate surface area is 169 Å². The second kappa shape index (κ2) is 9.39. The van der Waals surface area contributed by atoms with Crippen molar-refractivity contribution in [3.63, 3.8) is 0 Å². The van der Waals surface area contributed by atoms with E-state index in [0.29, 0.717) is 29.8 Å². The van der Waals surface area contributed by atoms with Crippen LogP contribution in [0, 0.1) is 0 Å². The molecule has 3 rings (SSSR count). The molecule has 6 nitrogen and oxygen atoms in total. The molecule has 148 valence electrons. The molecule has 0 aliphatic rings. The van der Waals surface area contributed by atoms with Crippen molar-refractivity contribution >= 4 is 30.5 Å². The Hall–Kier alpha value is -2.11. The van der Waals surface area contributed by atoms with E-state index in [9.17, 15) is 4.57 Å². The molecule has 0 spiro atoms. The van der Waals surface area contributed by atoms with Crippen molar-refractivity contribution in [1.82, 2.24) is 4.98 Å². The smallest absolute Gasteiger partial charge is 0.384 e. The molecular formula is C20H22ClN2O4P. The van der Waals surface area contributed by atoms with Crippen molar-refractivity contribution in [3.8, 4) is 0 Å². The Bertz CT molecular complexity index is 937. The van der Waals surface area contributed by atoms with Gasteiger partial charge >= 0.3 is 7.60 Å². The summed E-state index contributed by atoms with van der Waals surface area (Å²) in [6.45, 7) is 0.583. The first-order chi connectivity index (χ1) is 13.5. The van der Waals surface area contributed by atoms with Crippen LogP contribution in [0.25, 0.3) is 0 Å². The number of aromatic nitrogens is 1. The standard InChI is InChI=1S/C20H22ClN2O4P/c1-25-28(24,26-2)20-19(22-13-12-15-6-4-3-5-7-15)27-18(23-20)14-16-8-10-17(21)11-9-16/h3-11,22H,12-14H2,1-2H3. The molecular weight excluding hydrogens is 399 g/mol. The fourth-order valence-corrected chi connectivity index (χ4v) is 3.95. The number of nitrogens with zero attached hydrogens (tertiary/aromatic N) is 1. The number of anilines is 1. The van der Waals surface area contributed by atoms with Crippen LogP contribution in [0.3, 0.4) is 0 Å². The second-order valence-electron chi connectivity index (χ2n) is 6.09. The number of hydrogen-bond donors (Lipinski definition) is 1. The van der Waals surface area contributed by atoms with Gasteiger partial charge in [-0.2, -0.15) is 0 Å². The number of benzene rings is 2. The zero-order valence-electron chi connectivity index (χ0n) is 15.7. The monoisotopic (exact) mass is 420 g/mol. The summed E-state index contributed by atoms with van der Waals surface area (Å²) in [6, 6.07) is 17.4. The molecule has 8 heteroatoms. The van der Waals surface area contributed by atoms with Crippen LogP contribution in [-0.2, 0) is 26.5 Å². The number of oxazole rings is 1. The first-order valence-electron chi connectivity index (χ1n) is 8.78. The molecule has 1 N–H and O–H groups in total. The van der Waals surface area contributed by atoms with Crippen LogP contribution in [0.4, 0.5) is 5.88 Å². The molecule has 0 radical (unpaired) electrons. The number of rotatable bonds is 9. The third kappa shape index (κ3) is 5.03. The highest BCUT2D eigenvalue weighted by atomic mass is 35.5. The van der Waals surface area contributed by atoms with Gasteiger partial charge in [-0.1, -0.05) is 54.1 Å². The summed E-state index contributed by atoms with van der Waals surface area (Å²) < 4.78 is 29.0. The molecule has 1 aromatic heterocycles. The molecule has 28 heavy (non-hydrogen) atoms. The van der Waals surface area contributed by atoms with Crippen LogP contribution in [0.2, 0.25) is 5.02 Å². The highest BCUT2D eigenvalue weighted by Crippen LogP contribution is 2.47. The Kier molecular flexibility index (Phi) is 6.92. The van der Waals surface area contributed by atoms with Crippen molar-refractivity contribution in [2.75, 3.05) is 26.1 Å². The Morgan fingerprint density at radius 3 is 2.36 bits per heavy atom. The van der Waals surface area contributed by atoms with Gasteiger partial charge in [-0.25, -0.2) is 4.98 Å². The minimum atomic E-state index is -3.56. The van der Waals surface area contributed by atoms with E-state index >= 15 is 0 Å². The topological polar surface area (TPSA) is 73.6 Å². The Morgan fingerprint density at radius 2 is 1.71 bits per heavy atom. The van der Waals surface area contributed by atoms with Gasteiger partial charge in [-0.3, -0.25) is 4.57 Å². The second-order valence-corrected chi connectivity index (χ2v) is 8.67. The predicted molar refractivity (Wildman–Crippen MR) is 111 cm³/mol. The largest absolute Gasteiger partial charge is 0.424 e. The van der Waals surface area contributed by atoms with Crippen LogP contribution < -0.4 is 10.8 Å². The molecule has 0 unspecified atom stereocenters. The lowest BCUT2D eigenvalue weighted by molar-refractivity contribution is 0.286. The summed E-state index contributed by atoms with van der Waals surface area (Å²) in [5, 5.41) is 3.82. The van der Waals surface area contributed by atoms with Gasteiger partial charge in [-0.15, -0.1) is 0 Å². The molecule has 0 aliphatic carbocycles. The van der Waals surface area contributed by atoms with Crippen molar-refractivity contribution < 1.29 is 18.0 Å². The van der Waals surface area contributed by atoms with E-state index in [4.69, 9.17) is 25.1 Å². The fourth-order valence-electron chi connectivity index (χ4n) is 2.72. The van der Waals surface area contributed by atoms with Gasteiger partial charge < -0.3 is 18.8 Å². The maximum Gasteiger partial charge on any atom is 0.384 e. The third-order valence-corrected chi connectivity index (χ3v) is 6.24. The van der Waals surface area contributed by atoms with E-state index in [0.717, 1.165) is 12.0 Å². The van der Waals surface area contributed by atoms with Crippen molar-refractivity contribution in [1.29, 1.82) is 0 Å².